The first-order chi connectivity index (χ1) is 15.1. The van der Waals surface area contributed by atoms with E-state index in [9.17, 15) is 10.2 Å². The predicted molar refractivity (Wildman–Crippen MR) is 137 cm³/mol. The van der Waals surface area contributed by atoms with Crippen LogP contribution in [0, 0.1) is 51.2 Å². The predicted octanol–water partition coefficient (Wildman–Crippen LogP) is 7.53. The maximum Gasteiger partial charge on any atom is 0.0930 e. The molecule has 0 heterocycles. The third kappa shape index (κ3) is 3.04. The highest BCUT2D eigenvalue weighted by Crippen LogP contribution is 2.76. The van der Waals surface area contributed by atoms with Crippen LogP contribution in [0.3, 0.4) is 0 Å². The zero-order chi connectivity index (χ0) is 24.2. The van der Waals surface area contributed by atoms with Gasteiger partial charge in [0.1, 0.15) is 0 Å². The first kappa shape index (κ1) is 24.4. The van der Waals surface area contributed by atoms with Gasteiger partial charge in [-0.1, -0.05) is 39.8 Å². The molecule has 2 N–H and O–H groups in total. The highest BCUT2D eigenvalue weighted by molar-refractivity contribution is 5.20. The maximum absolute atomic E-state index is 11.4. The molecule has 0 bridgehead atoms. The zero-order valence-electron chi connectivity index (χ0n) is 22.8. The Bertz CT molecular complexity index is 825. The van der Waals surface area contributed by atoms with Crippen molar-refractivity contribution >= 4 is 0 Å². The molecule has 0 unspecified atom stereocenters. The maximum atomic E-state index is 11.4. The minimum absolute atomic E-state index is 0.294. The highest BCUT2D eigenvalue weighted by Gasteiger charge is 2.69. The second-order valence-corrected chi connectivity index (χ2v) is 15.3. The van der Waals surface area contributed by atoms with Gasteiger partial charge in [-0.05, 0) is 143 Å². The average molecular weight is 457 g/mol. The molecule has 5 fully saturated rings. The van der Waals surface area contributed by atoms with Gasteiger partial charge in [-0.3, -0.25) is 0 Å². The molecule has 0 aliphatic heterocycles. The molecule has 5 saturated carbocycles. The Morgan fingerprint density at radius 2 is 1.55 bits per heavy atom. The standard InChI is InChI=1S/C31H52O2/c1-20(2)22-12-13-27(5)15-17-29(7)23(25(22)27)9-10-24-28(6)16-18-31(33,26(3,4)32)19-21(28)11-14-30(24,29)8/h21-25,32-33H,1,9-19H2,2-8H3/t21-,22+,23-,24-,25-,27-,28+,29-,30-,31+/m0/s1. The Hall–Kier alpha value is -0.340. The van der Waals surface area contributed by atoms with Crippen LogP contribution in [0.25, 0.3) is 0 Å². The van der Waals surface area contributed by atoms with E-state index in [0.717, 1.165) is 42.9 Å². The van der Waals surface area contributed by atoms with Crippen molar-refractivity contribution in [3.8, 4) is 0 Å². The lowest BCUT2D eigenvalue weighted by Gasteiger charge is -2.72. The summed E-state index contributed by atoms with van der Waals surface area (Å²) in [6.07, 6.45) is 13.4. The lowest BCUT2D eigenvalue weighted by molar-refractivity contribution is -0.247. The summed E-state index contributed by atoms with van der Waals surface area (Å²) >= 11 is 0. The Balaban J connectivity index is 1.49. The van der Waals surface area contributed by atoms with Crippen molar-refractivity contribution in [1.29, 1.82) is 0 Å². The van der Waals surface area contributed by atoms with E-state index in [4.69, 9.17) is 0 Å². The van der Waals surface area contributed by atoms with Gasteiger partial charge in [-0.25, -0.2) is 0 Å². The number of rotatable bonds is 2. The Kier molecular flexibility index (Phi) is 5.25. The molecule has 0 amide bonds. The van der Waals surface area contributed by atoms with Gasteiger partial charge in [-0.2, -0.15) is 0 Å². The van der Waals surface area contributed by atoms with Gasteiger partial charge in [0.25, 0.3) is 0 Å². The zero-order valence-corrected chi connectivity index (χ0v) is 22.8. The van der Waals surface area contributed by atoms with Crippen molar-refractivity contribution < 1.29 is 10.2 Å². The van der Waals surface area contributed by atoms with Gasteiger partial charge >= 0.3 is 0 Å². The first-order valence-corrected chi connectivity index (χ1v) is 14.2. The summed E-state index contributed by atoms with van der Waals surface area (Å²) in [6, 6.07) is 0. The molecule has 0 saturated heterocycles. The van der Waals surface area contributed by atoms with Crippen molar-refractivity contribution in [1.82, 2.24) is 0 Å². The topological polar surface area (TPSA) is 40.5 Å². The van der Waals surface area contributed by atoms with Crippen molar-refractivity contribution in [3.05, 3.63) is 12.2 Å². The van der Waals surface area contributed by atoms with Crippen LogP contribution in [0.4, 0.5) is 0 Å². The van der Waals surface area contributed by atoms with Crippen LogP contribution in [0.2, 0.25) is 0 Å². The molecule has 0 aromatic heterocycles. The van der Waals surface area contributed by atoms with E-state index < -0.39 is 11.2 Å². The molecular formula is C31H52O2. The molecule has 2 nitrogen and oxygen atoms in total. The molecule has 2 heteroatoms. The van der Waals surface area contributed by atoms with Crippen LogP contribution < -0.4 is 0 Å². The average Bonchev–Trinajstić information content (AvgIpc) is 3.07. The third-order valence-electron chi connectivity index (χ3n) is 13.7. The smallest absolute Gasteiger partial charge is 0.0930 e. The molecule has 0 aromatic rings. The molecule has 0 aromatic carbocycles. The van der Waals surface area contributed by atoms with Gasteiger partial charge in [0, 0.05) is 0 Å². The van der Waals surface area contributed by atoms with E-state index in [2.05, 4.69) is 41.2 Å². The molecule has 5 aliphatic rings. The van der Waals surface area contributed by atoms with Crippen LogP contribution >= 0.6 is 0 Å². The fourth-order valence-corrected chi connectivity index (χ4v) is 11.2. The van der Waals surface area contributed by atoms with E-state index in [0.29, 0.717) is 27.6 Å². The number of allylic oxidation sites excluding steroid dienone is 1. The normalized spacial score (nSPS) is 56.3. The highest BCUT2D eigenvalue weighted by atomic mass is 16.4. The minimum atomic E-state index is -1.02. The summed E-state index contributed by atoms with van der Waals surface area (Å²) in [4.78, 5) is 0. The Labute approximate surface area is 204 Å². The fraction of sp³-hybridized carbons (Fsp3) is 0.935. The largest absolute Gasteiger partial charge is 0.387 e. The number of aliphatic hydroxyl groups is 2. The van der Waals surface area contributed by atoms with Crippen LogP contribution in [0.1, 0.15) is 119 Å². The van der Waals surface area contributed by atoms with Crippen molar-refractivity contribution in [2.75, 3.05) is 0 Å². The van der Waals surface area contributed by atoms with E-state index in [1.54, 1.807) is 0 Å². The van der Waals surface area contributed by atoms with Crippen LogP contribution in [0.15, 0.2) is 12.2 Å². The SMILES string of the molecule is C=C(C)[C@H]1CC[C@@]2(C)CC[C@@]3(C)[C@@H](CC[C@H]4[C@]5(C)CC[C@](O)(C(C)(C)O)C[C@@H]5CC[C@@]43C)[C@H]12. The van der Waals surface area contributed by atoms with Gasteiger partial charge in [0.2, 0.25) is 0 Å². The summed E-state index contributed by atoms with van der Waals surface area (Å²) in [6.45, 7) is 21.0. The van der Waals surface area contributed by atoms with Crippen LogP contribution in [-0.4, -0.2) is 21.4 Å². The molecule has 188 valence electrons. The lowest BCUT2D eigenvalue weighted by atomic mass is 9.33. The second kappa shape index (κ2) is 7.12. The van der Waals surface area contributed by atoms with Crippen molar-refractivity contribution in [2.45, 2.75) is 130 Å². The summed E-state index contributed by atoms with van der Waals surface area (Å²) < 4.78 is 0. The molecule has 10 atom stereocenters. The summed E-state index contributed by atoms with van der Waals surface area (Å²) in [7, 11) is 0. The van der Waals surface area contributed by atoms with Gasteiger partial charge in [0.15, 0.2) is 0 Å². The van der Waals surface area contributed by atoms with E-state index in [1.165, 1.54) is 56.9 Å². The Morgan fingerprint density at radius 3 is 2.18 bits per heavy atom. The van der Waals surface area contributed by atoms with Gasteiger partial charge in [0.05, 0.1) is 11.2 Å². The van der Waals surface area contributed by atoms with Crippen molar-refractivity contribution in [3.63, 3.8) is 0 Å². The molecule has 0 radical (unpaired) electrons. The van der Waals surface area contributed by atoms with Crippen LogP contribution in [-0.2, 0) is 0 Å². The van der Waals surface area contributed by atoms with E-state index in [1.807, 2.05) is 13.8 Å². The number of hydrogen-bond donors (Lipinski definition) is 2. The Morgan fingerprint density at radius 1 is 0.848 bits per heavy atom. The first-order valence-electron chi connectivity index (χ1n) is 14.2. The third-order valence-corrected chi connectivity index (χ3v) is 13.7. The fourth-order valence-electron chi connectivity index (χ4n) is 11.2. The van der Waals surface area contributed by atoms with Crippen molar-refractivity contribution in [2.24, 2.45) is 51.2 Å². The number of hydrogen-bond acceptors (Lipinski definition) is 2. The summed E-state index contributed by atoms with van der Waals surface area (Å²) in [5.74, 6) is 3.65. The molecule has 5 aliphatic carbocycles. The summed E-state index contributed by atoms with van der Waals surface area (Å²) in [5.41, 5.74) is 1.10. The van der Waals surface area contributed by atoms with E-state index >= 15 is 0 Å². The molecule has 33 heavy (non-hydrogen) atoms. The quantitative estimate of drug-likeness (QED) is 0.422. The lowest BCUT2D eigenvalue weighted by Crippen LogP contribution is -2.66. The second-order valence-electron chi connectivity index (χ2n) is 15.3. The van der Waals surface area contributed by atoms with Crippen LogP contribution in [0.5, 0.6) is 0 Å². The van der Waals surface area contributed by atoms with Gasteiger partial charge in [-0.15, -0.1) is 0 Å². The molecule has 0 spiro atoms. The monoisotopic (exact) mass is 456 g/mol. The molecule has 5 rings (SSSR count). The molecular weight excluding hydrogens is 404 g/mol. The van der Waals surface area contributed by atoms with Gasteiger partial charge < -0.3 is 10.2 Å². The number of fused-ring (bicyclic) bond motifs is 7. The van der Waals surface area contributed by atoms with E-state index in [-0.39, 0.29) is 0 Å². The minimum Gasteiger partial charge on any atom is -0.387 e. The summed E-state index contributed by atoms with van der Waals surface area (Å²) in [5, 5.41) is 22.2.